The first-order valence-electron chi connectivity index (χ1n) is 5.75. The van der Waals surface area contributed by atoms with Crippen LogP contribution in [0.1, 0.15) is 21.5 Å². The Morgan fingerprint density at radius 2 is 2.00 bits per heavy atom. The van der Waals surface area contributed by atoms with Gasteiger partial charge in [-0.3, -0.25) is 4.79 Å². The van der Waals surface area contributed by atoms with Crippen LogP contribution in [-0.4, -0.2) is 18.1 Å². The molecule has 1 N–H and O–H groups in total. The lowest BCUT2D eigenvalue weighted by Gasteiger charge is -2.09. The minimum Gasteiger partial charge on any atom is -0.465 e. The van der Waals surface area contributed by atoms with Gasteiger partial charge in [0.2, 0.25) is 0 Å². The number of aromatic nitrogens is 1. The molecular weight excluding hydrogens is 346 g/mol. The maximum atomic E-state index is 11.8. The van der Waals surface area contributed by atoms with Crippen molar-refractivity contribution in [2.75, 3.05) is 7.11 Å². The normalized spacial score (nSPS) is 10.3. The average Bonchev–Trinajstić information content (AvgIpc) is 2.44. The Bertz CT molecular complexity index is 695. The van der Waals surface area contributed by atoms with Crippen molar-refractivity contribution in [3.05, 3.63) is 67.0 Å². The highest BCUT2D eigenvalue weighted by atomic mass is 79.9. The van der Waals surface area contributed by atoms with Crippen LogP contribution in [0, 0.1) is 0 Å². The second-order valence-corrected chi connectivity index (χ2v) is 5.40. The summed E-state index contributed by atoms with van der Waals surface area (Å²) in [7, 11) is 1.24. The molecule has 4 nitrogen and oxygen atoms in total. The van der Waals surface area contributed by atoms with Crippen LogP contribution in [0.25, 0.3) is 0 Å². The molecule has 0 saturated heterocycles. The average molecular weight is 357 g/mol. The Hall–Kier alpha value is -1.59. The Kier molecular flexibility index (Phi) is 4.62. The smallest absolute Gasteiger partial charge is 0.343 e. The van der Waals surface area contributed by atoms with Crippen LogP contribution < -0.4 is 5.56 Å². The molecule has 2 rings (SSSR count). The van der Waals surface area contributed by atoms with E-state index in [1.807, 2.05) is 12.1 Å². The molecule has 6 heteroatoms. The fraction of sp³-hybridized carbons (Fsp3) is 0.143. The van der Waals surface area contributed by atoms with E-state index in [2.05, 4.69) is 25.7 Å². The predicted octanol–water partition coefficient (Wildman–Crippen LogP) is 3.17. The third-order valence-electron chi connectivity index (χ3n) is 2.83. The zero-order chi connectivity index (χ0) is 14.7. The molecule has 0 aliphatic carbocycles. The first-order chi connectivity index (χ1) is 9.52. The molecule has 1 heterocycles. The van der Waals surface area contributed by atoms with Crippen LogP contribution in [0.3, 0.4) is 0 Å². The van der Waals surface area contributed by atoms with Gasteiger partial charge in [-0.25, -0.2) is 4.79 Å². The molecule has 0 amide bonds. The van der Waals surface area contributed by atoms with E-state index in [1.165, 1.54) is 13.3 Å². The molecule has 0 fully saturated rings. The van der Waals surface area contributed by atoms with E-state index < -0.39 is 11.5 Å². The van der Waals surface area contributed by atoms with Gasteiger partial charge in [0.25, 0.3) is 5.56 Å². The minimum atomic E-state index is -0.656. The first-order valence-corrected chi connectivity index (χ1v) is 6.93. The van der Waals surface area contributed by atoms with Crippen molar-refractivity contribution in [1.82, 2.24) is 4.98 Å². The van der Waals surface area contributed by atoms with Gasteiger partial charge in [0.05, 0.1) is 7.11 Å². The summed E-state index contributed by atoms with van der Waals surface area (Å²) in [5.74, 6) is -0.656. The lowest BCUT2D eigenvalue weighted by atomic mass is 10.0. The SMILES string of the molecule is COC(=O)c1c(Cc2ccc(Cl)cc2)c(Br)c[nH]c1=O. The highest BCUT2D eigenvalue weighted by Gasteiger charge is 2.19. The molecule has 104 valence electrons. The van der Waals surface area contributed by atoms with Crippen molar-refractivity contribution in [3.63, 3.8) is 0 Å². The van der Waals surface area contributed by atoms with Crippen LogP contribution in [0.2, 0.25) is 5.02 Å². The van der Waals surface area contributed by atoms with E-state index in [-0.39, 0.29) is 5.56 Å². The standard InChI is InChI=1S/C14H11BrClNO3/c1-20-14(19)12-10(11(15)7-17-13(12)18)6-8-2-4-9(16)5-3-8/h2-5,7H,6H2,1H3,(H,17,18). The maximum absolute atomic E-state index is 11.8. The number of pyridine rings is 1. The number of H-pyrrole nitrogens is 1. The lowest BCUT2D eigenvalue weighted by molar-refractivity contribution is 0.0597. The van der Waals surface area contributed by atoms with E-state index in [4.69, 9.17) is 11.6 Å². The van der Waals surface area contributed by atoms with Gasteiger partial charge in [-0.2, -0.15) is 0 Å². The number of hydrogen-bond donors (Lipinski definition) is 1. The molecule has 0 bridgehead atoms. The van der Waals surface area contributed by atoms with E-state index in [0.29, 0.717) is 21.5 Å². The summed E-state index contributed by atoms with van der Waals surface area (Å²) >= 11 is 9.18. The topological polar surface area (TPSA) is 59.2 Å². The number of halogens is 2. The molecule has 0 atom stereocenters. The molecule has 0 aliphatic heterocycles. The molecule has 20 heavy (non-hydrogen) atoms. The molecule has 0 aliphatic rings. The minimum absolute atomic E-state index is 0.0109. The summed E-state index contributed by atoms with van der Waals surface area (Å²) in [6.45, 7) is 0. The zero-order valence-corrected chi connectivity index (χ0v) is 12.9. The van der Waals surface area contributed by atoms with Gasteiger partial charge in [-0.15, -0.1) is 0 Å². The fourth-order valence-corrected chi connectivity index (χ4v) is 2.42. The van der Waals surface area contributed by atoms with Crippen LogP contribution >= 0.6 is 27.5 Å². The number of benzene rings is 1. The van der Waals surface area contributed by atoms with Gasteiger partial charge < -0.3 is 9.72 Å². The van der Waals surface area contributed by atoms with Crippen molar-refractivity contribution in [3.8, 4) is 0 Å². The van der Waals surface area contributed by atoms with Crippen molar-refractivity contribution >= 4 is 33.5 Å². The Morgan fingerprint density at radius 1 is 1.35 bits per heavy atom. The zero-order valence-electron chi connectivity index (χ0n) is 10.6. The summed E-state index contributed by atoms with van der Waals surface area (Å²) in [5.41, 5.74) is 1.06. The Morgan fingerprint density at radius 3 is 2.60 bits per heavy atom. The number of carbonyl (C=O) groups is 1. The number of carbonyl (C=O) groups excluding carboxylic acids is 1. The highest BCUT2D eigenvalue weighted by Crippen LogP contribution is 2.22. The van der Waals surface area contributed by atoms with E-state index in [1.54, 1.807) is 12.1 Å². The van der Waals surface area contributed by atoms with E-state index in [0.717, 1.165) is 5.56 Å². The first kappa shape index (κ1) is 14.8. The molecule has 0 saturated carbocycles. The second-order valence-electron chi connectivity index (χ2n) is 4.11. The molecule has 0 radical (unpaired) electrons. The van der Waals surface area contributed by atoms with Gasteiger partial charge >= 0.3 is 5.97 Å². The van der Waals surface area contributed by atoms with E-state index in [9.17, 15) is 9.59 Å². The van der Waals surface area contributed by atoms with Gasteiger partial charge in [-0.1, -0.05) is 23.7 Å². The van der Waals surface area contributed by atoms with Crippen molar-refractivity contribution in [2.45, 2.75) is 6.42 Å². The third-order valence-corrected chi connectivity index (χ3v) is 3.79. The van der Waals surface area contributed by atoms with Crippen LogP contribution in [-0.2, 0) is 11.2 Å². The van der Waals surface area contributed by atoms with E-state index >= 15 is 0 Å². The quantitative estimate of drug-likeness (QED) is 0.859. The molecule has 2 aromatic rings. The van der Waals surface area contributed by atoms with Gasteiger partial charge in [-0.05, 0) is 45.6 Å². The highest BCUT2D eigenvalue weighted by molar-refractivity contribution is 9.10. The summed E-state index contributed by atoms with van der Waals surface area (Å²) in [6.07, 6.45) is 1.94. The summed E-state index contributed by atoms with van der Waals surface area (Å²) in [6, 6.07) is 7.21. The number of esters is 1. The Balaban J connectivity index is 2.50. The third kappa shape index (κ3) is 3.11. The monoisotopic (exact) mass is 355 g/mol. The summed E-state index contributed by atoms with van der Waals surface area (Å²) in [5, 5.41) is 0.631. The summed E-state index contributed by atoms with van der Waals surface area (Å²) in [4.78, 5) is 26.1. The number of nitrogens with one attached hydrogen (secondary N) is 1. The van der Waals surface area contributed by atoms with Gasteiger partial charge in [0.15, 0.2) is 0 Å². The molecule has 1 aromatic carbocycles. The largest absolute Gasteiger partial charge is 0.465 e. The van der Waals surface area contributed by atoms with Crippen molar-refractivity contribution in [2.24, 2.45) is 0 Å². The van der Waals surface area contributed by atoms with Crippen molar-refractivity contribution < 1.29 is 9.53 Å². The maximum Gasteiger partial charge on any atom is 0.343 e. The van der Waals surface area contributed by atoms with Gasteiger partial charge in [0.1, 0.15) is 5.56 Å². The lowest BCUT2D eigenvalue weighted by Crippen LogP contribution is -2.22. The molecule has 1 aromatic heterocycles. The fourth-order valence-electron chi connectivity index (χ4n) is 1.84. The number of ether oxygens (including phenoxy) is 1. The number of methoxy groups -OCH3 is 1. The molecule has 0 unspecified atom stereocenters. The number of hydrogen-bond acceptors (Lipinski definition) is 3. The van der Waals surface area contributed by atoms with Gasteiger partial charge in [0, 0.05) is 15.7 Å². The van der Waals surface area contributed by atoms with Crippen LogP contribution in [0.5, 0.6) is 0 Å². The van der Waals surface area contributed by atoms with Crippen LogP contribution in [0.15, 0.2) is 39.7 Å². The second kappa shape index (κ2) is 6.24. The van der Waals surface area contributed by atoms with Crippen LogP contribution in [0.4, 0.5) is 0 Å². The number of rotatable bonds is 3. The Labute approximate surface area is 128 Å². The molecule has 0 spiro atoms. The summed E-state index contributed by atoms with van der Waals surface area (Å²) < 4.78 is 5.31. The van der Waals surface area contributed by atoms with Crippen molar-refractivity contribution in [1.29, 1.82) is 0 Å². The predicted molar refractivity (Wildman–Crippen MR) is 80.4 cm³/mol. The molecular formula is C14H11BrClNO3. The number of aromatic amines is 1.